The van der Waals surface area contributed by atoms with E-state index in [1.165, 1.54) is 12.1 Å². The van der Waals surface area contributed by atoms with E-state index in [2.05, 4.69) is 0 Å². The fourth-order valence-corrected chi connectivity index (χ4v) is 1.88. The number of sulfone groups is 1. The minimum atomic E-state index is -3.32. The Morgan fingerprint density at radius 1 is 1.47 bits per heavy atom. The van der Waals surface area contributed by atoms with E-state index in [1.807, 2.05) is 0 Å². The Morgan fingerprint density at radius 3 is 2.47 bits per heavy atom. The summed E-state index contributed by atoms with van der Waals surface area (Å²) in [6, 6.07) is 3.15. The van der Waals surface area contributed by atoms with Crippen LogP contribution in [0.25, 0.3) is 0 Å². The number of carbonyl (C=O) groups is 1. The molecule has 4 nitrogen and oxygen atoms in total. The molecular formula is C9H9FO4S. The predicted molar refractivity (Wildman–Crippen MR) is 51.9 cm³/mol. The molecule has 0 amide bonds. The lowest BCUT2D eigenvalue weighted by molar-refractivity contribution is 0.0696. The van der Waals surface area contributed by atoms with Crippen molar-refractivity contribution in [2.75, 3.05) is 6.26 Å². The van der Waals surface area contributed by atoms with Gasteiger partial charge in [-0.2, -0.15) is 0 Å². The van der Waals surface area contributed by atoms with E-state index in [0.29, 0.717) is 0 Å². The molecule has 1 aromatic carbocycles. The molecule has 0 aliphatic carbocycles. The van der Waals surface area contributed by atoms with Gasteiger partial charge in [-0.25, -0.2) is 17.6 Å². The molecule has 0 saturated carbocycles. The topological polar surface area (TPSA) is 71.4 Å². The van der Waals surface area contributed by atoms with Crippen LogP contribution in [-0.2, 0) is 15.6 Å². The van der Waals surface area contributed by atoms with Gasteiger partial charge in [0, 0.05) is 11.8 Å². The highest BCUT2D eigenvalue weighted by Gasteiger charge is 2.12. The molecule has 0 aromatic heterocycles. The number of halogens is 1. The summed E-state index contributed by atoms with van der Waals surface area (Å²) in [5.41, 5.74) is -0.229. The number of aromatic carboxylic acids is 1. The highest BCUT2D eigenvalue weighted by molar-refractivity contribution is 7.89. The van der Waals surface area contributed by atoms with Crippen LogP contribution in [0.5, 0.6) is 0 Å². The van der Waals surface area contributed by atoms with Crippen molar-refractivity contribution in [2.45, 2.75) is 5.75 Å². The van der Waals surface area contributed by atoms with E-state index < -0.39 is 27.4 Å². The molecular weight excluding hydrogens is 223 g/mol. The SMILES string of the molecule is CS(=O)(=O)Cc1ccc(C(=O)O)cc1F. The molecule has 0 aliphatic heterocycles. The average molecular weight is 232 g/mol. The van der Waals surface area contributed by atoms with Crippen LogP contribution in [0, 0.1) is 5.82 Å². The molecule has 0 radical (unpaired) electrons. The number of hydrogen-bond acceptors (Lipinski definition) is 3. The number of carboxylic acids is 1. The van der Waals surface area contributed by atoms with Crippen LogP contribution in [-0.4, -0.2) is 25.7 Å². The van der Waals surface area contributed by atoms with E-state index >= 15 is 0 Å². The van der Waals surface area contributed by atoms with Gasteiger partial charge in [-0.1, -0.05) is 6.07 Å². The standard InChI is InChI=1S/C9H9FO4S/c1-15(13,14)5-7-3-2-6(9(11)12)4-8(7)10/h2-4H,5H2,1H3,(H,11,12). The smallest absolute Gasteiger partial charge is 0.335 e. The molecule has 0 bridgehead atoms. The Kier molecular flexibility index (Phi) is 3.09. The molecule has 1 rings (SSSR count). The lowest BCUT2D eigenvalue weighted by Crippen LogP contribution is -2.05. The molecule has 1 N–H and O–H groups in total. The minimum Gasteiger partial charge on any atom is -0.478 e. The van der Waals surface area contributed by atoms with Crippen molar-refractivity contribution >= 4 is 15.8 Å². The van der Waals surface area contributed by atoms with Gasteiger partial charge in [0.25, 0.3) is 0 Å². The molecule has 0 unspecified atom stereocenters. The van der Waals surface area contributed by atoms with E-state index in [1.54, 1.807) is 0 Å². The van der Waals surface area contributed by atoms with Crippen LogP contribution >= 0.6 is 0 Å². The van der Waals surface area contributed by atoms with Gasteiger partial charge >= 0.3 is 5.97 Å². The van der Waals surface area contributed by atoms with Crippen molar-refractivity contribution in [1.29, 1.82) is 0 Å². The summed E-state index contributed by atoms with van der Waals surface area (Å²) in [6.45, 7) is 0. The van der Waals surface area contributed by atoms with Crippen LogP contribution < -0.4 is 0 Å². The second-order valence-electron chi connectivity index (χ2n) is 3.18. The maximum atomic E-state index is 13.2. The van der Waals surface area contributed by atoms with Gasteiger partial charge in [-0.15, -0.1) is 0 Å². The van der Waals surface area contributed by atoms with Gasteiger partial charge in [0.1, 0.15) is 5.82 Å². The summed E-state index contributed by atoms with van der Waals surface area (Å²) in [4.78, 5) is 10.5. The first-order valence-electron chi connectivity index (χ1n) is 3.99. The molecule has 0 atom stereocenters. The minimum absolute atomic E-state index is 0.0255. The Balaban J connectivity index is 3.09. The van der Waals surface area contributed by atoms with Crippen molar-refractivity contribution in [3.8, 4) is 0 Å². The Labute approximate surface area is 86.3 Å². The van der Waals surface area contributed by atoms with Gasteiger partial charge in [0.15, 0.2) is 9.84 Å². The zero-order valence-electron chi connectivity index (χ0n) is 7.90. The van der Waals surface area contributed by atoms with E-state index in [-0.39, 0.29) is 11.1 Å². The largest absolute Gasteiger partial charge is 0.478 e. The average Bonchev–Trinajstić information content (AvgIpc) is 2.05. The third-order valence-electron chi connectivity index (χ3n) is 1.72. The van der Waals surface area contributed by atoms with Crippen molar-refractivity contribution < 1.29 is 22.7 Å². The van der Waals surface area contributed by atoms with Crippen molar-refractivity contribution in [3.05, 3.63) is 35.1 Å². The van der Waals surface area contributed by atoms with E-state index in [0.717, 1.165) is 12.3 Å². The number of benzene rings is 1. The first-order valence-corrected chi connectivity index (χ1v) is 6.05. The second-order valence-corrected chi connectivity index (χ2v) is 5.32. The third-order valence-corrected chi connectivity index (χ3v) is 2.55. The normalized spacial score (nSPS) is 11.3. The van der Waals surface area contributed by atoms with Crippen LogP contribution in [0.1, 0.15) is 15.9 Å². The molecule has 82 valence electrons. The molecule has 0 saturated heterocycles. The molecule has 0 heterocycles. The van der Waals surface area contributed by atoms with Crippen LogP contribution in [0.3, 0.4) is 0 Å². The summed E-state index contributed by atoms with van der Waals surface area (Å²) in [5, 5.41) is 8.55. The van der Waals surface area contributed by atoms with Gasteiger partial charge in [-0.05, 0) is 12.1 Å². The quantitative estimate of drug-likeness (QED) is 0.846. The highest BCUT2D eigenvalue weighted by atomic mass is 32.2. The Hall–Kier alpha value is -1.43. The number of hydrogen-bond donors (Lipinski definition) is 1. The van der Waals surface area contributed by atoms with Gasteiger partial charge in [0.05, 0.1) is 11.3 Å². The predicted octanol–water partition coefficient (Wildman–Crippen LogP) is 1.07. The lowest BCUT2D eigenvalue weighted by atomic mass is 10.1. The van der Waals surface area contributed by atoms with Gasteiger partial charge in [-0.3, -0.25) is 0 Å². The van der Waals surface area contributed by atoms with Gasteiger partial charge in [0.2, 0.25) is 0 Å². The van der Waals surface area contributed by atoms with Crippen LogP contribution in [0.2, 0.25) is 0 Å². The first-order chi connectivity index (χ1) is 6.79. The fraction of sp³-hybridized carbons (Fsp3) is 0.222. The summed E-state index contributed by atoms with van der Waals surface area (Å²) in [7, 11) is -3.32. The monoisotopic (exact) mass is 232 g/mol. The molecule has 1 aromatic rings. The first kappa shape index (κ1) is 11.6. The molecule has 6 heteroatoms. The van der Waals surface area contributed by atoms with E-state index in [4.69, 9.17) is 5.11 Å². The molecule has 0 aliphatic rings. The Morgan fingerprint density at radius 2 is 2.07 bits per heavy atom. The summed E-state index contributed by atoms with van der Waals surface area (Å²) >= 11 is 0. The summed E-state index contributed by atoms with van der Waals surface area (Å²) in [6.07, 6.45) is 0.984. The summed E-state index contributed by atoms with van der Waals surface area (Å²) < 4.78 is 35.0. The second kappa shape index (κ2) is 3.98. The molecule has 0 fully saturated rings. The lowest BCUT2D eigenvalue weighted by Gasteiger charge is -2.02. The van der Waals surface area contributed by atoms with Crippen molar-refractivity contribution in [2.24, 2.45) is 0 Å². The molecule has 0 spiro atoms. The van der Waals surface area contributed by atoms with E-state index in [9.17, 15) is 17.6 Å². The van der Waals surface area contributed by atoms with Gasteiger partial charge < -0.3 is 5.11 Å². The van der Waals surface area contributed by atoms with Crippen molar-refractivity contribution in [1.82, 2.24) is 0 Å². The number of carboxylic acid groups (broad SMARTS) is 1. The van der Waals surface area contributed by atoms with Crippen LogP contribution in [0.4, 0.5) is 4.39 Å². The summed E-state index contributed by atoms with van der Waals surface area (Å²) in [5.74, 6) is -2.50. The Bertz CT molecular complexity index is 493. The third kappa shape index (κ3) is 3.32. The maximum absolute atomic E-state index is 13.2. The highest BCUT2D eigenvalue weighted by Crippen LogP contribution is 2.13. The molecule has 15 heavy (non-hydrogen) atoms. The number of rotatable bonds is 3. The fourth-order valence-electron chi connectivity index (χ4n) is 1.08. The van der Waals surface area contributed by atoms with Crippen molar-refractivity contribution in [3.63, 3.8) is 0 Å². The maximum Gasteiger partial charge on any atom is 0.335 e. The van der Waals surface area contributed by atoms with Crippen LogP contribution in [0.15, 0.2) is 18.2 Å². The zero-order valence-corrected chi connectivity index (χ0v) is 8.71. The zero-order chi connectivity index (χ0) is 11.6.